The van der Waals surface area contributed by atoms with E-state index in [1.807, 2.05) is 6.92 Å². The summed E-state index contributed by atoms with van der Waals surface area (Å²) in [5, 5.41) is 0.914. The molecule has 0 N–H and O–H groups in total. The second-order valence-corrected chi connectivity index (χ2v) is 2.77. The molecule has 5 nitrogen and oxygen atoms in total. The minimum Gasteiger partial charge on any atom is -0.448 e. The molecule has 0 aliphatic heterocycles. The van der Waals surface area contributed by atoms with Gasteiger partial charge in [-0.25, -0.2) is 9.59 Å². The summed E-state index contributed by atoms with van der Waals surface area (Å²) in [5.41, 5.74) is 0. The highest BCUT2D eigenvalue weighted by molar-refractivity contribution is 5.82. The van der Waals surface area contributed by atoms with Crippen LogP contribution in [0.3, 0.4) is 0 Å². The van der Waals surface area contributed by atoms with Gasteiger partial charge in [0.2, 0.25) is 0 Å². The van der Waals surface area contributed by atoms with Crippen LogP contribution < -0.4 is 0 Å². The van der Waals surface area contributed by atoms with Crippen LogP contribution in [0.2, 0.25) is 0 Å². The van der Waals surface area contributed by atoms with Gasteiger partial charge in [-0.05, 0) is 13.3 Å². The Hall–Kier alpha value is -1.52. The third-order valence-corrected chi connectivity index (χ3v) is 1.55. The highest BCUT2D eigenvalue weighted by Gasteiger charge is 2.17. The zero-order chi connectivity index (χ0) is 11.7. The molecular formula is C10H17NO4. The Kier molecular flexibility index (Phi) is 7.05. The molecule has 0 bridgehead atoms. The zero-order valence-electron chi connectivity index (χ0n) is 9.19. The second-order valence-electron chi connectivity index (χ2n) is 2.77. The molecule has 0 radical (unpaired) electrons. The first-order valence-electron chi connectivity index (χ1n) is 4.94. The maximum Gasteiger partial charge on any atom is 0.443 e. The Balaban J connectivity index is 4.22. The molecule has 0 aliphatic rings. The van der Waals surface area contributed by atoms with Crippen molar-refractivity contribution in [2.45, 2.75) is 26.7 Å². The average molecular weight is 215 g/mol. The van der Waals surface area contributed by atoms with Crippen LogP contribution in [0.15, 0.2) is 12.7 Å². The second kappa shape index (κ2) is 7.84. The molecule has 0 saturated carbocycles. The predicted octanol–water partition coefficient (Wildman–Crippen LogP) is 1.89. The van der Waals surface area contributed by atoms with Gasteiger partial charge in [0.1, 0.15) is 0 Å². The van der Waals surface area contributed by atoms with Gasteiger partial charge in [-0.15, -0.1) is 5.06 Å². The Bertz CT molecular complexity index is 227. The van der Waals surface area contributed by atoms with Crippen LogP contribution in [0.1, 0.15) is 26.7 Å². The van der Waals surface area contributed by atoms with E-state index >= 15 is 0 Å². The normalized spacial score (nSPS) is 9.20. The number of amides is 1. The third kappa shape index (κ3) is 5.72. The largest absolute Gasteiger partial charge is 0.448 e. The lowest BCUT2D eigenvalue weighted by molar-refractivity contribution is -0.175. The molecule has 0 aromatic rings. The van der Waals surface area contributed by atoms with Gasteiger partial charge < -0.3 is 9.57 Å². The molecule has 0 fully saturated rings. The maximum atomic E-state index is 11.3. The Morgan fingerprint density at radius 3 is 2.53 bits per heavy atom. The minimum absolute atomic E-state index is 0.243. The average Bonchev–Trinajstić information content (AvgIpc) is 2.24. The predicted molar refractivity (Wildman–Crippen MR) is 54.9 cm³/mol. The minimum atomic E-state index is -0.667. The number of nitrogens with zero attached hydrogens (tertiary/aromatic N) is 1. The van der Waals surface area contributed by atoms with E-state index in [4.69, 9.17) is 9.57 Å². The van der Waals surface area contributed by atoms with Gasteiger partial charge in [-0.2, -0.15) is 0 Å². The van der Waals surface area contributed by atoms with E-state index < -0.39 is 12.1 Å². The van der Waals surface area contributed by atoms with E-state index in [0.29, 0.717) is 6.54 Å². The summed E-state index contributed by atoms with van der Waals surface area (Å²) in [6.07, 6.45) is 1.98. The van der Waals surface area contributed by atoms with Gasteiger partial charge in [0.15, 0.2) is 0 Å². The number of carbonyl (C=O) groups excluding carboxylic acids is 2. The Morgan fingerprint density at radius 2 is 2.07 bits per heavy atom. The maximum absolute atomic E-state index is 11.3. The van der Waals surface area contributed by atoms with Crippen LogP contribution >= 0.6 is 0 Å². The molecule has 0 saturated heterocycles. The van der Waals surface area contributed by atoms with Crippen molar-refractivity contribution in [2.24, 2.45) is 0 Å². The van der Waals surface area contributed by atoms with Crippen LogP contribution in [-0.2, 0) is 14.4 Å². The highest BCUT2D eigenvalue weighted by atomic mass is 16.7. The number of ether oxygens (including phenoxy) is 1. The fourth-order valence-electron chi connectivity index (χ4n) is 0.817. The van der Waals surface area contributed by atoms with E-state index in [9.17, 15) is 9.59 Å². The number of hydrogen-bond donors (Lipinski definition) is 0. The Morgan fingerprint density at radius 1 is 1.40 bits per heavy atom. The van der Waals surface area contributed by atoms with Gasteiger partial charge >= 0.3 is 12.1 Å². The summed E-state index contributed by atoms with van der Waals surface area (Å²) in [5.74, 6) is -0.667. The number of unbranched alkanes of at least 4 members (excludes halogenated alkanes) is 1. The van der Waals surface area contributed by atoms with Crippen molar-refractivity contribution in [1.82, 2.24) is 5.06 Å². The molecule has 0 spiro atoms. The number of hydroxylamine groups is 2. The number of carbonyl (C=O) groups is 2. The van der Waals surface area contributed by atoms with E-state index in [2.05, 4.69) is 6.58 Å². The van der Waals surface area contributed by atoms with Crippen molar-refractivity contribution < 1.29 is 19.2 Å². The topological polar surface area (TPSA) is 55.8 Å². The first-order chi connectivity index (χ1) is 7.15. The quantitative estimate of drug-likeness (QED) is 0.519. The van der Waals surface area contributed by atoms with Crippen molar-refractivity contribution in [3.63, 3.8) is 0 Å². The van der Waals surface area contributed by atoms with E-state index in [0.717, 1.165) is 24.0 Å². The van der Waals surface area contributed by atoms with Crippen LogP contribution in [0.4, 0.5) is 4.79 Å². The lowest BCUT2D eigenvalue weighted by Crippen LogP contribution is -2.34. The first-order valence-corrected chi connectivity index (χ1v) is 4.94. The van der Waals surface area contributed by atoms with Crippen LogP contribution in [0.25, 0.3) is 0 Å². The fourth-order valence-corrected chi connectivity index (χ4v) is 0.817. The monoisotopic (exact) mass is 215 g/mol. The molecule has 5 heteroatoms. The molecule has 0 atom stereocenters. The molecule has 86 valence electrons. The Labute approximate surface area is 89.6 Å². The van der Waals surface area contributed by atoms with Crippen molar-refractivity contribution in [3.8, 4) is 0 Å². The van der Waals surface area contributed by atoms with Gasteiger partial charge in [-0.3, -0.25) is 0 Å². The van der Waals surface area contributed by atoms with E-state index in [-0.39, 0.29) is 6.61 Å². The van der Waals surface area contributed by atoms with Gasteiger partial charge in [0.05, 0.1) is 13.2 Å². The fraction of sp³-hybridized carbons (Fsp3) is 0.600. The van der Waals surface area contributed by atoms with Crippen molar-refractivity contribution in [1.29, 1.82) is 0 Å². The summed E-state index contributed by atoms with van der Waals surface area (Å²) in [4.78, 5) is 26.9. The summed E-state index contributed by atoms with van der Waals surface area (Å²) in [7, 11) is 0. The van der Waals surface area contributed by atoms with Crippen molar-refractivity contribution >= 4 is 12.1 Å². The summed E-state index contributed by atoms with van der Waals surface area (Å²) >= 11 is 0. The van der Waals surface area contributed by atoms with Gasteiger partial charge in [0, 0.05) is 6.08 Å². The number of hydrogen-bond acceptors (Lipinski definition) is 4. The lowest BCUT2D eigenvalue weighted by Gasteiger charge is -2.18. The van der Waals surface area contributed by atoms with Gasteiger partial charge in [-0.1, -0.05) is 19.9 Å². The summed E-state index contributed by atoms with van der Waals surface area (Å²) in [6, 6.07) is 0. The van der Waals surface area contributed by atoms with E-state index in [1.165, 1.54) is 0 Å². The lowest BCUT2D eigenvalue weighted by atomic mass is 10.3. The van der Waals surface area contributed by atoms with Gasteiger partial charge in [0.25, 0.3) is 0 Å². The molecule has 0 unspecified atom stereocenters. The zero-order valence-corrected chi connectivity index (χ0v) is 9.19. The SMILES string of the molecule is C=CC(=O)ON(CCCC)C(=O)OCC. The highest BCUT2D eigenvalue weighted by Crippen LogP contribution is 2.00. The third-order valence-electron chi connectivity index (χ3n) is 1.55. The molecule has 0 aliphatic carbocycles. The van der Waals surface area contributed by atoms with Crippen LogP contribution in [0, 0.1) is 0 Å². The van der Waals surface area contributed by atoms with Crippen LogP contribution in [0.5, 0.6) is 0 Å². The molecule has 15 heavy (non-hydrogen) atoms. The van der Waals surface area contributed by atoms with Crippen molar-refractivity contribution in [2.75, 3.05) is 13.2 Å². The molecule has 0 aromatic heterocycles. The van der Waals surface area contributed by atoms with Crippen LogP contribution in [-0.4, -0.2) is 30.3 Å². The van der Waals surface area contributed by atoms with Crippen molar-refractivity contribution in [3.05, 3.63) is 12.7 Å². The summed E-state index contributed by atoms with van der Waals surface area (Å²) < 4.78 is 4.72. The smallest absolute Gasteiger partial charge is 0.443 e. The molecule has 0 aromatic carbocycles. The summed E-state index contributed by atoms with van der Waals surface area (Å²) in [6.45, 7) is 7.47. The molecule has 1 amide bonds. The van der Waals surface area contributed by atoms with E-state index in [1.54, 1.807) is 6.92 Å². The standard InChI is InChI=1S/C10H17NO4/c1-4-7-8-11(10(13)14-6-3)15-9(12)5-2/h5H,2,4,6-8H2,1,3H3. The number of rotatable bonds is 5. The molecular weight excluding hydrogens is 198 g/mol. The molecule has 0 heterocycles. The molecule has 0 rings (SSSR count). The first kappa shape index (κ1) is 13.5.